The van der Waals surface area contributed by atoms with Crippen LogP contribution in [0.15, 0.2) is 71.6 Å². The molecule has 0 spiro atoms. The van der Waals surface area contributed by atoms with E-state index >= 15 is 0 Å². The van der Waals surface area contributed by atoms with Crippen molar-refractivity contribution in [2.45, 2.75) is 10.6 Å². The molecule has 2 aliphatic heterocycles. The summed E-state index contributed by atoms with van der Waals surface area (Å²) in [5, 5.41) is 0. The van der Waals surface area contributed by atoms with Crippen molar-refractivity contribution in [1.82, 2.24) is 9.80 Å². The van der Waals surface area contributed by atoms with Crippen molar-refractivity contribution >= 4 is 21.7 Å². The van der Waals surface area contributed by atoms with Gasteiger partial charge in [-0.1, -0.05) is 30.3 Å². The van der Waals surface area contributed by atoms with E-state index in [1.807, 2.05) is 0 Å². The molecule has 2 heterocycles. The van der Waals surface area contributed by atoms with Crippen LogP contribution in [0.1, 0.15) is 31.8 Å². The summed E-state index contributed by atoms with van der Waals surface area (Å²) in [6.07, 6.45) is 1.09. The molecule has 0 radical (unpaired) electrons. The predicted molar refractivity (Wildman–Crippen MR) is 115 cm³/mol. The Labute approximate surface area is 189 Å². The van der Waals surface area contributed by atoms with Crippen LogP contribution in [0.25, 0.3) is 0 Å². The summed E-state index contributed by atoms with van der Waals surface area (Å²) in [7, 11) is -3.46. The summed E-state index contributed by atoms with van der Waals surface area (Å²) in [5.41, 5.74) is 0.107. The average molecular weight is 468 g/mol. The number of amides is 2. The third kappa shape index (κ3) is 2.99. The zero-order valence-electron chi connectivity index (χ0n) is 17.5. The van der Waals surface area contributed by atoms with Gasteiger partial charge in [-0.25, -0.2) is 17.2 Å². The number of sulfone groups is 1. The van der Waals surface area contributed by atoms with Crippen LogP contribution in [0.2, 0.25) is 0 Å². The molecule has 2 aliphatic rings. The van der Waals surface area contributed by atoms with Gasteiger partial charge in [0.05, 0.1) is 4.90 Å². The first-order valence-electron chi connectivity index (χ1n) is 10.1. The zero-order valence-corrected chi connectivity index (χ0v) is 18.3. The first kappa shape index (κ1) is 21.3. The van der Waals surface area contributed by atoms with Gasteiger partial charge in [0.2, 0.25) is 0 Å². The normalized spacial score (nSPS) is 19.5. The topological polar surface area (TPSA) is 74.8 Å². The molecule has 3 aromatic rings. The van der Waals surface area contributed by atoms with E-state index in [0.717, 1.165) is 18.4 Å². The Hall–Kier alpha value is -3.59. The summed E-state index contributed by atoms with van der Waals surface area (Å²) in [5.74, 6) is -3.06. The SMILES string of the molecule is CS(=O)(=O)c1ccc(C23c4ccccc4C(=O)N2CCN3C(=O)c2ccc(F)c(F)c2)cc1. The summed E-state index contributed by atoms with van der Waals surface area (Å²) >= 11 is 0. The summed E-state index contributed by atoms with van der Waals surface area (Å²) in [6.45, 7) is 0.377. The van der Waals surface area contributed by atoms with Crippen LogP contribution in [0.3, 0.4) is 0 Å². The van der Waals surface area contributed by atoms with Crippen molar-refractivity contribution in [3.8, 4) is 0 Å². The largest absolute Gasteiger partial charge is 0.306 e. The second-order valence-corrected chi connectivity index (χ2v) is 10.1. The highest BCUT2D eigenvalue weighted by atomic mass is 32.2. The number of fused-ring (bicyclic) bond motifs is 3. The van der Waals surface area contributed by atoms with Crippen LogP contribution in [-0.4, -0.2) is 49.4 Å². The molecule has 6 nitrogen and oxygen atoms in total. The summed E-state index contributed by atoms with van der Waals surface area (Å²) in [4.78, 5) is 30.0. The van der Waals surface area contributed by atoms with E-state index in [1.165, 1.54) is 23.1 Å². The van der Waals surface area contributed by atoms with Crippen molar-refractivity contribution in [1.29, 1.82) is 0 Å². The van der Waals surface area contributed by atoms with Gasteiger partial charge in [-0.3, -0.25) is 9.59 Å². The number of rotatable bonds is 3. The molecule has 1 saturated heterocycles. The molecule has 0 N–H and O–H groups in total. The molecular formula is C24H18F2N2O4S. The van der Waals surface area contributed by atoms with E-state index in [4.69, 9.17) is 0 Å². The number of nitrogens with zero attached hydrogens (tertiary/aromatic N) is 2. The minimum absolute atomic E-state index is 0.0558. The fourth-order valence-electron chi connectivity index (χ4n) is 4.76. The number of hydrogen-bond donors (Lipinski definition) is 0. The van der Waals surface area contributed by atoms with E-state index in [0.29, 0.717) is 16.7 Å². The molecular weight excluding hydrogens is 450 g/mol. The van der Waals surface area contributed by atoms with Crippen molar-refractivity contribution < 1.29 is 26.8 Å². The summed E-state index contributed by atoms with van der Waals surface area (Å²) in [6, 6.07) is 15.8. The fourth-order valence-corrected chi connectivity index (χ4v) is 5.39. The average Bonchev–Trinajstić information content (AvgIpc) is 3.30. The Morgan fingerprint density at radius 1 is 0.939 bits per heavy atom. The van der Waals surface area contributed by atoms with Crippen molar-refractivity contribution in [3.05, 3.63) is 101 Å². The Balaban J connectivity index is 1.73. The first-order chi connectivity index (χ1) is 15.7. The van der Waals surface area contributed by atoms with E-state index in [2.05, 4.69) is 0 Å². The maximum absolute atomic E-state index is 13.9. The first-order valence-corrected chi connectivity index (χ1v) is 12.0. The maximum atomic E-state index is 13.9. The molecule has 5 rings (SSSR count). The van der Waals surface area contributed by atoms with Gasteiger partial charge < -0.3 is 9.80 Å². The lowest BCUT2D eigenvalue weighted by Gasteiger charge is -2.40. The molecule has 168 valence electrons. The smallest absolute Gasteiger partial charge is 0.256 e. The highest BCUT2D eigenvalue weighted by molar-refractivity contribution is 7.90. The molecule has 2 amide bonds. The van der Waals surface area contributed by atoms with Gasteiger partial charge in [-0.15, -0.1) is 0 Å². The van der Waals surface area contributed by atoms with E-state index < -0.39 is 33.0 Å². The molecule has 1 fully saturated rings. The van der Waals surface area contributed by atoms with Gasteiger partial charge in [0.1, 0.15) is 0 Å². The minimum Gasteiger partial charge on any atom is -0.306 e. The van der Waals surface area contributed by atoms with Gasteiger partial charge in [-0.2, -0.15) is 0 Å². The lowest BCUT2D eigenvalue weighted by molar-refractivity contribution is 0.0374. The lowest BCUT2D eigenvalue weighted by Crippen LogP contribution is -2.51. The third-order valence-corrected chi connectivity index (χ3v) is 7.33. The number of carbonyl (C=O) groups is 2. The lowest BCUT2D eigenvalue weighted by atomic mass is 9.89. The summed E-state index contributed by atoms with van der Waals surface area (Å²) < 4.78 is 51.3. The van der Waals surface area contributed by atoms with Crippen LogP contribution in [0.4, 0.5) is 8.78 Å². The van der Waals surface area contributed by atoms with Crippen LogP contribution < -0.4 is 0 Å². The maximum Gasteiger partial charge on any atom is 0.256 e. The van der Waals surface area contributed by atoms with E-state index in [9.17, 15) is 26.8 Å². The highest BCUT2D eigenvalue weighted by Gasteiger charge is 2.59. The predicted octanol–water partition coefficient (Wildman–Crippen LogP) is 3.18. The number of carbonyl (C=O) groups excluding carboxylic acids is 2. The molecule has 0 aliphatic carbocycles. The standard InChI is InChI=1S/C24H18F2N2O4S/c1-33(31,32)17-9-7-16(8-10-17)24-19-5-3-2-4-18(19)23(30)28(24)13-12-27(24)22(29)15-6-11-20(25)21(26)14-15/h2-11,14H,12-13H2,1H3. The van der Waals surface area contributed by atoms with Gasteiger partial charge >= 0.3 is 0 Å². The number of halogens is 2. The Bertz CT molecular complexity index is 1420. The molecule has 1 atom stereocenters. The molecule has 0 aromatic heterocycles. The van der Waals surface area contributed by atoms with Crippen molar-refractivity contribution in [2.75, 3.05) is 19.3 Å². The van der Waals surface area contributed by atoms with Crippen LogP contribution >= 0.6 is 0 Å². The minimum atomic E-state index is -3.46. The van der Waals surface area contributed by atoms with Crippen LogP contribution in [0.5, 0.6) is 0 Å². The van der Waals surface area contributed by atoms with E-state index in [1.54, 1.807) is 41.3 Å². The zero-order chi connectivity index (χ0) is 23.5. The monoisotopic (exact) mass is 468 g/mol. The Kier molecular flexibility index (Phi) is 4.65. The molecule has 33 heavy (non-hydrogen) atoms. The van der Waals surface area contributed by atoms with Gasteiger partial charge in [0, 0.05) is 41.6 Å². The second-order valence-electron chi connectivity index (χ2n) is 8.06. The molecule has 1 unspecified atom stereocenters. The Morgan fingerprint density at radius 2 is 1.64 bits per heavy atom. The second kappa shape index (κ2) is 7.21. The highest BCUT2D eigenvalue weighted by Crippen LogP contribution is 2.50. The molecule has 9 heteroatoms. The molecule has 0 bridgehead atoms. The van der Waals surface area contributed by atoms with Gasteiger partial charge in [0.15, 0.2) is 27.1 Å². The fraction of sp³-hybridized carbons (Fsp3) is 0.167. The van der Waals surface area contributed by atoms with Gasteiger partial charge in [0.25, 0.3) is 11.8 Å². The van der Waals surface area contributed by atoms with E-state index in [-0.39, 0.29) is 29.5 Å². The molecule has 3 aromatic carbocycles. The Morgan fingerprint density at radius 3 is 2.30 bits per heavy atom. The number of benzene rings is 3. The number of hydrogen-bond acceptors (Lipinski definition) is 4. The third-order valence-electron chi connectivity index (χ3n) is 6.20. The van der Waals surface area contributed by atoms with Crippen molar-refractivity contribution in [2.24, 2.45) is 0 Å². The van der Waals surface area contributed by atoms with Crippen molar-refractivity contribution in [3.63, 3.8) is 0 Å². The van der Waals surface area contributed by atoms with Crippen LogP contribution in [0, 0.1) is 11.6 Å². The molecule has 0 saturated carbocycles. The van der Waals surface area contributed by atoms with Gasteiger partial charge in [-0.05, 0) is 36.4 Å². The quantitative estimate of drug-likeness (QED) is 0.592. The van der Waals surface area contributed by atoms with Crippen LogP contribution in [-0.2, 0) is 15.5 Å².